The molecule has 0 bridgehead atoms. The molecular weight excluding hydrogens is 366 g/mol. The Kier molecular flexibility index (Phi) is 5.58. The van der Waals surface area contributed by atoms with E-state index in [-0.39, 0.29) is 21.9 Å². The molecule has 0 aliphatic heterocycles. The van der Waals surface area contributed by atoms with Gasteiger partial charge in [-0.25, -0.2) is 0 Å². The minimum atomic E-state index is -0.542. The third-order valence-corrected chi connectivity index (χ3v) is 4.06. The number of non-ortho nitro benzene ring substituents is 1. The fourth-order valence-corrected chi connectivity index (χ4v) is 2.72. The van der Waals surface area contributed by atoms with Crippen LogP contribution in [0.4, 0.5) is 5.69 Å². The van der Waals surface area contributed by atoms with Gasteiger partial charge in [-0.3, -0.25) is 10.1 Å². The van der Waals surface area contributed by atoms with Crippen LogP contribution in [0.25, 0.3) is 11.5 Å². The van der Waals surface area contributed by atoms with Crippen molar-refractivity contribution in [2.75, 3.05) is 0 Å². The Balaban J connectivity index is 2.00. The van der Waals surface area contributed by atoms with E-state index in [0.717, 1.165) is 0 Å². The van der Waals surface area contributed by atoms with Gasteiger partial charge in [-0.15, -0.1) is 0 Å². The molecule has 3 rings (SSSR count). The lowest BCUT2D eigenvalue weighted by Gasteiger charge is -2.16. The molecule has 3 aromatic rings. The Morgan fingerprint density at radius 2 is 1.93 bits per heavy atom. The maximum Gasteiger partial charge on any atom is 0.270 e. The number of rotatable bonds is 6. The average Bonchev–Trinajstić information content (AvgIpc) is 3.21. The first-order valence-corrected chi connectivity index (χ1v) is 8.40. The SMILES string of the molecule is O=[N+]([O-])c1cccc(/C([O-])=C(/C(=S)NCc2ccco2)[n+]2ccccc2)c1. The van der Waals surface area contributed by atoms with Crippen LogP contribution in [-0.2, 0) is 6.54 Å². The molecule has 27 heavy (non-hydrogen) atoms. The summed E-state index contributed by atoms with van der Waals surface area (Å²) in [5.41, 5.74) is 0.211. The second-order valence-electron chi connectivity index (χ2n) is 5.53. The molecule has 7 nitrogen and oxygen atoms in total. The Morgan fingerprint density at radius 1 is 1.15 bits per heavy atom. The van der Waals surface area contributed by atoms with Crippen LogP contribution in [0.3, 0.4) is 0 Å². The molecule has 2 aromatic heterocycles. The number of hydrogen-bond donors (Lipinski definition) is 1. The highest BCUT2D eigenvalue weighted by molar-refractivity contribution is 7.81. The van der Waals surface area contributed by atoms with Crippen LogP contribution < -0.4 is 15.0 Å². The van der Waals surface area contributed by atoms with Crippen LogP contribution in [0.15, 0.2) is 77.7 Å². The topological polar surface area (TPSA) is 95.2 Å². The molecule has 0 amide bonds. The number of nitrogens with one attached hydrogen (secondary N) is 1. The van der Waals surface area contributed by atoms with Gasteiger partial charge in [-0.2, -0.15) is 4.57 Å². The maximum absolute atomic E-state index is 13.1. The number of nitro groups is 1. The average molecular weight is 381 g/mol. The van der Waals surface area contributed by atoms with Crippen molar-refractivity contribution in [3.05, 3.63) is 94.7 Å². The standard InChI is InChI=1S/C19H15N3O4S/c23-18(14-6-4-7-15(12-14)22(24)25)17(21-9-2-1-3-10-21)19(27)20-13-16-8-5-11-26-16/h1-12H,13H2,(H-,20,23,27). The number of thiocarbonyl (C=S) groups is 1. The second kappa shape index (κ2) is 8.24. The van der Waals surface area contributed by atoms with Crippen molar-refractivity contribution in [2.45, 2.75) is 6.54 Å². The summed E-state index contributed by atoms with van der Waals surface area (Å²) >= 11 is 5.43. The Bertz CT molecular complexity index is 985. The van der Waals surface area contributed by atoms with E-state index in [4.69, 9.17) is 16.6 Å². The summed E-state index contributed by atoms with van der Waals surface area (Å²) in [5, 5.41) is 27.1. The molecule has 1 aromatic carbocycles. The molecule has 0 saturated carbocycles. The molecule has 0 atom stereocenters. The number of pyridine rings is 1. The number of furan rings is 1. The summed E-state index contributed by atoms with van der Waals surface area (Å²) in [6.07, 6.45) is 4.92. The van der Waals surface area contributed by atoms with Crippen LogP contribution in [0.5, 0.6) is 0 Å². The zero-order valence-corrected chi connectivity index (χ0v) is 14.9. The quantitative estimate of drug-likeness (QED) is 0.176. The monoisotopic (exact) mass is 381 g/mol. The number of nitrogens with zero attached hydrogens (tertiary/aromatic N) is 2. The third-order valence-electron chi connectivity index (χ3n) is 3.73. The summed E-state index contributed by atoms with van der Waals surface area (Å²) in [4.78, 5) is 10.7. The first-order chi connectivity index (χ1) is 13.1. The summed E-state index contributed by atoms with van der Waals surface area (Å²) in [6, 6.07) is 14.4. The molecule has 0 aliphatic rings. The van der Waals surface area contributed by atoms with Gasteiger partial charge in [-0.1, -0.05) is 30.4 Å². The molecule has 0 saturated heterocycles. The molecule has 1 N–H and O–H groups in total. The van der Waals surface area contributed by atoms with Gasteiger partial charge in [0.1, 0.15) is 5.76 Å². The van der Waals surface area contributed by atoms with E-state index in [9.17, 15) is 15.2 Å². The molecule has 0 fully saturated rings. The normalized spacial score (nSPS) is 11.6. The first kappa shape index (κ1) is 18.3. The second-order valence-corrected chi connectivity index (χ2v) is 5.94. The minimum absolute atomic E-state index is 0.160. The third kappa shape index (κ3) is 4.36. The molecule has 2 heterocycles. The van der Waals surface area contributed by atoms with E-state index in [0.29, 0.717) is 12.3 Å². The van der Waals surface area contributed by atoms with E-state index in [1.165, 1.54) is 24.3 Å². The van der Waals surface area contributed by atoms with Gasteiger partial charge in [0, 0.05) is 24.3 Å². The van der Waals surface area contributed by atoms with Crippen molar-refractivity contribution >= 4 is 34.3 Å². The fourth-order valence-electron chi connectivity index (χ4n) is 2.45. The lowest BCUT2D eigenvalue weighted by Crippen LogP contribution is -2.42. The van der Waals surface area contributed by atoms with Crippen LogP contribution in [0, 0.1) is 10.1 Å². The summed E-state index contributed by atoms with van der Waals surface area (Å²) < 4.78 is 6.84. The fraction of sp³-hybridized carbons (Fsp3) is 0.0526. The van der Waals surface area contributed by atoms with Gasteiger partial charge in [0.05, 0.1) is 17.7 Å². The highest BCUT2D eigenvalue weighted by atomic mass is 32.1. The van der Waals surface area contributed by atoms with Crippen molar-refractivity contribution in [2.24, 2.45) is 0 Å². The molecule has 0 spiro atoms. The first-order valence-electron chi connectivity index (χ1n) is 7.99. The molecule has 8 heteroatoms. The summed E-state index contributed by atoms with van der Waals surface area (Å²) in [5.74, 6) is 0.240. The summed E-state index contributed by atoms with van der Waals surface area (Å²) in [7, 11) is 0. The van der Waals surface area contributed by atoms with Gasteiger partial charge in [0.25, 0.3) is 5.69 Å². The van der Waals surface area contributed by atoms with E-state index < -0.39 is 10.7 Å². The van der Waals surface area contributed by atoms with Crippen LogP contribution in [0.2, 0.25) is 0 Å². The van der Waals surface area contributed by atoms with E-state index in [2.05, 4.69) is 5.32 Å². The van der Waals surface area contributed by atoms with Crippen LogP contribution in [0.1, 0.15) is 11.3 Å². The Morgan fingerprint density at radius 3 is 2.59 bits per heavy atom. The zero-order chi connectivity index (χ0) is 19.2. The zero-order valence-electron chi connectivity index (χ0n) is 14.1. The van der Waals surface area contributed by atoms with E-state index in [1.807, 2.05) is 6.07 Å². The Labute approximate surface area is 160 Å². The molecule has 0 unspecified atom stereocenters. The number of benzene rings is 1. The molecule has 0 aliphatic carbocycles. The van der Waals surface area contributed by atoms with E-state index >= 15 is 0 Å². The number of aromatic nitrogens is 1. The maximum atomic E-state index is 13.1. The smallest absolute Gasteiger partial charge is 0.270 e. The van der Waals surface area contributed by atoms with Crippen LogP contribution in [-0.4, -0.2) is 9.91 Å². The van der Waals surface area contributed by atoms with Gasteiger partial charge >= 0.3 is 0 Å². The number of nitro benzene ring substituents is 1. The lowest BCUT2D eigenvalue weighted by atomic mass is 10.1. The Hall–Kier alpha value is -3.52. The predicted octanol–water partition coefficient (Wildman–Crippen LogP) is 2.28. The molecular formula is C19H15N3O4S. The van der Waals surface area contributed by atoms with Crippen molar-refractivity contribution in [1.29, 1.82) is 0 Å². The highest BCUT2D eigenvalue weighted by Crippen LogP contribution is 2.20. The van der Waals surface area contributed by atoms with Crippen molar-refractivity contribution < 1.29 is 19.0 Å². The van der Waals surface area contributed by atoms with Crippen molar-refractivity contribution in [3.8, 4) is 0 Å². The lowest BCUT2D eigenvalue weighted by molar-refractivity contribution is -0.578. The van der Waals surface area contributed by atoms with Crippen molar-refractivity contribution in [1.82, 2.24) is 5.32 Å². The van der Waals surface area contributed by atoms with Crippen molar-refractivity contribution in [3.63, 3.8) is 0 Å². The highest BCUT2D eigenvalue weighted by Gasteiger charge is 2.19. The molecule has 0 radical (unpaired) electrons. The number of hydrogen-bond acceptors (Lipinski definition) is 5. The van der Waals surface area contributed by atoms with Gasteiger partial charge in [0.2, 0.25) is 5.70 Å². The largest absolute Gasteiger partial charge is 0.867 e. The minimum Gasteiger partial charge on any atom is -0.867 e. The molecule has 136 valence electrons. The predicted molar refractivity (Wildman–Crippen MR) is 101 cm³/mol. The van der Waals surface area contributed by atoms with Gasteiger partial charge in [-0.05, 0) is 23.5 Å². The van der Waals surface area contributed by atoms with Gasteiger partial charge < -0.3 is 14.8 Å². The summed E-state index contributed by atoms with van der Waals surface area (Å²) in [6.45, 7) is 0.310. The van der Waals surface area contributed by atoms with E-state index in [1.54, 1.807) is 47.5 Å². The van der Waals surface area contributed by atoms with Gasteiger partial charge in [0.15, 0.2) is 17.4 Å². The van der Waals surface area contributed by atoms with Crippen LogP contribution >= 0.6 is 12.2 Å².